The van der Waals surface area contributed by atoms with Crippen LogP contribution < -0.4 is 4.90 Å². The summed E-state index contributed by atoms with van der Waals surface area (Å²) in [4.78, 5) is 5.00. The molecule has 0 radical (unpaired) electrons. The van der Waals surface area contributed by atoms with Gasteiger partial charge in [-0.3, -0.25) is 4.90 Å². The number of rotatable bonds is 6. The molecule has 0 amide bonds. The van der Waals surface area contributed by atoms with Gasteiger partial charge in [0.25, 0.3) is 0 Å². The molecule has 6 heteroatoms. The van der Waals surface area contributed by atoms with Crippen LogP contribution in [0.2, 0.25) is 0 Å². The summed E-state index contributed by atoms with van der Waals surface area (Å²) in [5, 5.41) is 12.7. The summed E-state index contributed by atoms with van der Waals surface area (Å²) in [6.07, 6.45) is 2.02. The first-order valence-electron chi connectivity index (χ1n) is 9.39. The van der Waals surface area contributed by atoms with E-state index in [1.807, 2.05) is 4.68 Å². The van der Waals surface area contributed by atoms with E-state index in [1.165, 1.54) is 5.69 Å². The Hall–Kier alpha value is -1.95. The van der Waals surface area contributed by atoms with Crippen molar-refractivity contribution in [2.75, 3.05) is 31.1 Å². The summed E-state index contributed by atoms with van der Waals surface area (Å²) < 4.78 is 2.03. The highest BCUT2D eigenvalue weighted by atomic mass is 15.6. The fourth-order valence-electron chi connectivity index (χ4n) is 3.52. The molecule has 1 unspecified atom stereocenters. The van der Waals surface area contributed by atoms with Gasteiger partial charge >= 0.3 is 0 Å². The van der Waals surface area contributed by atoms with Gasteiger partial charge < -0.3 is 4.90 Å². The smallest absolute Gasteiger partial charge is 0.168 e. The molecule has 2 heterocycles. The first-order chi connectivity index (χ1) is 12.1. The lowest BCUT2D eigenvalue weighted by atomic mass is 10.0. The number of hydrogen-bond acceptors (Lipinski definition) is 5. The number of benzene rings is 1. The molecule has 0 bridgehead atoms. The van der Waals surface area contributed by atoms with Gasteiger partial charge in [0.05, 0.1) is 11.6 Å². The molecular weight excluding hydrogens is 312 g/mol. The van der Waals surface area contributed by atoms with Crippen LogP contribution in [0, 0.1) is 0 Å². The van der Waals surface area contributed by atoms with Crippen molar-refractivity contribution in [3.63, 3.8) is 0 Å². The van der Waals surface area contributed by atoms with Gasteiger partial charge in [0.2, 0.25) is 0 Å². The number of nitrogens with zero attached hydrogens (tertiary/aromatic N) is 6. The van der Waals surface area contributed by atoms with E-state index in [9.17, 15) is 0 Å². The summed E-state index contributed by atoms with van der Waals surface area (Å²) in [6, 6.07) is 10.9. The van der Waals surface area contributed by atoms with Gasteiger partial charge in [-0.2, -0.15) is 0 Å². The summed E-state index contributed by atoms with van der Waals surface area (Å²) >= 11 is 0. The second-order valence-corrected chi connectivity index (χ2v) is 7.40. The molecule has 25 heavy (non-hydrogen) atoms. The van der Waals surface area contributed by atoms with Crippen LogP contribution >= 0.6 is 0 Å². The summed E-state index contributed by atoms with van der Waals surface area (Å²) in [5.74, 6) is 1.00. The van der Waals surface area contributed by atoms with Crippen molar-refractivity contribution in [1.82, 2.24) is 25.1 Å². The van der Waals surface area contributed by atoms with Gasteiger partial charge in [-0.1, -0.05) is 32.0 Å². The zero-order valence-electron chi connectivity index (χ0n) is 15.9. The number of aromatic nitrogens is 4. The van der Waals surface area contributed by atoms with Gasteiger partial charge in [0, 0.05) is 31.9 Å². The second-order valence-electron chi connectivity index (χ2n) is 7.40. The van der Waals surface area contributed by atoms with Crippen molar-refractivity contribution in [2.24, 2.45) is 0 Å². The van der Waals surface area contributed by atoms with Crippen LogP contribution in [-0.4, -0.2) is 51.3 Å². The molecule has 1 aliphatic heterocycles. The van der Waals surface area contributed by atoms with Crippen molar-refractivity contribution in [3.05, 3.63) is 36.2 Å². The average molecular weight is 342 g/mol. The van der Waals surface area contributed by atoms with Crippen molar-refractivity contribution >= 4 is 5.69 Å². The monoisotopic (exact) mass is 342 g/mol. The maximum absolute atomic E-state index is 4.40. The van der Waals surface area contributed by atoms with E-state index in [1.54, 1.807) is 0 Å². The van der Waals surface area contributed by atoms with E-state index in [-0.39, 0.29) is 11.6 Å². The highest BCUT2D eigenvalue weighted by Gasteiger charge is 2.31. The highest BCUT2D eigenvalue weighted by Crippen LogP contribution is 2.29. The van der Waals surface area contributed by atoms with Crippen LogP contribution in [0.15, 0.2) is 30.3 Å². The van der Waals surface area contributed by atoms with Crippen LogP contribution in [-0.2, 0) is 5.54 Å². The number of piperazine rings is 1. The Morgan fingerprint density at radius 1 is 1.04 bits per heavy atom. The number of tetrazole rings is 1. The van der Waals surface area contributed by atoms with Crippen LogP contribution in [0.3, 0.4) is 0 Å². The highest BCUT2D eigenvalue weighted by molar-refractivity contribution is 5.46. The predicted octanol–water partition coefficient (Wildman–Crippen LogP) is 3.09. The zero-order valence-corrected chi connectivity index (χ0v) is 15.9. The van der Waals surface area contributed by atoms with Gasteiger partial charge in [-0.25, -0.2) is 4.68 Å². The zero-order chi connectivity index (χ0) is 17.9. The molecule has 0 aliphatic carbocycles. The lowest BCUT2D eigenvalue weighted by Crippen LogP contribution is -2.48. The van der Waals surface area contributed by atoms with Gasteiger partial charge in [0.15, 0.2) is 5.82 Å². The summed E-state index contributed by atoms with van der Waals surface area (Å²) in [6.45, 7) is 13.0. The number of para-hydroxylation sites is 1. The summed E-state index contributed by atoms with van der Waals surface area (Å²) in [7, 11) is 0. The van der Waals surface area contributed by atoms with E-state index in [4.69, 9.17) is 0 Å². The van der Waals surface area contributed by atoms with Crippen LogP contribution in [0.4, 0.5) is 5.69 Å². The molecule has 1 saturated heterocycles. The fourth-order valence-corrected chi connectivity index (χ4v) is 3.52. The van der Waals surface area contributed by atoms with Gasteiger partial charge in [-0.15, -0.1) is 5.10 Å². The van der Waals surface area contributed by atoms with Crippen LogP contribution in [0.5, 0.6) is 0 Å². The lowest BCUT2D eigenvalue weighted by Gasteiger charge is -2.40. The maximum atomic E-state index is 4.40. The minimum Gasteiger partial charge on any atom is -0.369 e. The third-order valence-corrected chi connectivity index (χ3v) is 5.49. The molecule has 1 aromatic carbocycles. The molecule has 1 atom stereocenters. The quantitative estimate of drug-likeness (QED) is 0.807. The van der Waals surface area contributed by atoms with Crippen molar-refractivity contribution in [2.45, 2.75) is 52.1 Å². The Bertz CT molecular complexity index is 658. The third-order valence-electron chi connectivity index (χ3n) is 5.49. The van der Waals surface area contributed by atoms with Crippen molar-refractivity contribution < 1.29 is 0 Å². The van der Waals surface area contributed by atoms with Crippen molar-refractivity contribution in [1.29, 1.82) is 0 Å². The molecule has 136 valence electrons. The molecule has 3 rings (SSSR count). The minimum absolute atomic E-state index is 0.0574. The van der Waals surface area contributed by atoms with Gasteiger partial charge in [0.1, 0.15) is 0 Å². The molecule has 0 N–H and O–H groups in total. The predicted molar refractivity (Wildman–Crippen MR) is 101 cm³/mol. The Morgan fingerprint density at radius 3 is 2.32 bits per heavy atom. The SMILES string of the molecule is CCC(c1nnnn1C(C)(C)CC)N1CCN(c2ccccc2)CC1. The average Bonchev–Trinajstić information content (AvgIpc) is 3.14. The fraction of sp³-hybridized carbons (Fsp3) is 0.632. The molecule has 1 aliphatic rings. The first-order valence-corrected chi connectivity index (χ1v) is 9.39. The second kappa shape index (κ2) is 7.52. The first kappa shape index (κ1) is 17.9. The largest absolute Gasteiger partial charge is 0.369 e. The molecular formula is C19H30N6. The standard InChI is InChI=1S/C19H30N6/c1-5-17(18-20-21-22-25(18)19(3,4)6-2)24-14-12-23(13-15-24)16-10-8-7-9-11-16/h7-11,17H,5-6,12-15H2,1-4H3. The van der Waals surface area contributed by atoms with E-state index in [0.29, 0.717) is 0 Å². The molecule has 2 aromatic rings. The van der Waals surface area contributed by atoms with E-state index in [0.717, 1.165) is 44.8 Å². The molecule has 0 spiro atoms. The lowest BCUT2D eigenvalue weighted by molar-refractivity contribution is 0.158. The number of anilines is 1. The summed E-state index contributed by atoms with van der Waals surface area (Å²) in [5.41, 5.74) is 1.25. The van der Waals surface area contributed by atoms with Crippen LogP contribution in [0.25, 0.3) is 0 Å². The Kier molecular flexibility index (Phi) is 5.37. The Labute approximate surface area is 150 Å². The number of hydrogen-bond donors (Lipinski definition) is 0. The van der Waals surface area contributed by atoms with E-state index in [2.05, 4.69) is 83.4 Å². The van der Waals surface area contributed by atoms with E-state index < -0.39 is 0 Å². The minimum atomic E-state index is -0.0574. The van der Waals surface area contributed by atoms with Crippen LogP contribution in [0.1, 0.15) is 52.4 Å². The normalized spacial score (nSPS) is 17.7. The van der Waals surface area contributed by atoms with Crippen molar-refractivity contribution in [3.8, 4) is 0 Å². The molecule has 0 saturated carbocycles. The molecule has 1 aromatic heterocycles. The molecule has 6 nitrogen and oxygen atoms in total. The Morgan fingerprint density at radius 2 is 1.72 bits per heavy atom. The third kappa shape index (κ3) is 3.68. The topological polar surface area (TPSA) is 50.1 Å². The van der Waals surface area contributed by atoms with E-state index >= 15 is 0 Å². The molecule has 1 fully saturated rings. The Balaban J connectivity index is 1.73. The maximum Gasteiger partial charge on any atom is 0.168 e. The van der Waals surface area contributed by atoms with Gasteiger partial charge in [-0.05, 0) is 49.2 Å².